The van der Waals surface area contributed by atoms with Crippen molar-refractivity contribution in [3.63, 3.8) is 0 Å². The van der Waals surface area contributed by atoms with Crippen LogP contribution in [0.5, 0.6) is 0 Å². The van der Waals surface area contributed by atoms with Gasteiger partial charge in [0.25, 0.3) is 6.23 Å². The predicted octanol–water partition coefficient (Wildman–Crippen LogP) is 2.34. The summed E-state index contributed by atoms with van der Waals surface area (Å²) in [6.07, 6.45) is -1.29. The van der Waals surface area contributed by atoms with Crippen LogP contribution in [0.3, 0.4) is 0 Å². The summed E-state index contributed by atoms with van der Waals surface area (Å²) >= 11 is 0. The van der Waals surface area contributed by atoms with Crippen LogP contribution in [0.1, 0.15) is 50.9 Å². The molecule has 146 valence electrons. The van der Waals surface area contributed by atoms with Gasteiger partial charge in [0.15, 0.2) is 0 Å². The Morgan fingerprint density at radius 3 is 2.33 bits per heavy atom. The first kappa shape index (κ1) is 20.6. The van der Waals surface area contributed by atoms with Gasteiger partial charge in [0.05, 0.1) is 18.2 Å². The highest BCUT2D eigenvalue weighted by atomic mass is 16.6. The zero-order chi connectivity index (χ0) is 20.2. The average Bonchev–Trinajstić information content (AvgIpc) is 2.60. The summed E-state index contributed by atoms with van der Waals surface area (Å²) in [5.41, 5.74) is -0.313. The number of carbonyl (C=O) groups is 4. The van der Waals surface area contributed by atoms with Crippen molar-refractivity contribution >= 4 is 23.6 Å². The second-order valence-electron chi connectivity index (χ2n) is 7.41. The molecule has 0 spiro atoms. The standard InChI is InChI=1S/C20H25NO6/c1-5-26-19(25)17(27-18(24)13-9-7-6-8-10-13)21-14(12-16(21)23)11-15(22)20(2,3)4/h6-10,14,17H,5,11-12H2,1-4H3/t14-,17?/m1/s1. The van der Waals surface area contributed by atoms with Crippen LogP contribution in [0, 0.1) is 5.41 Å². The van der Waals surface area contributed by atoms with E-state index in [2.05, 4.69) is 0 Å². The number of carbonyl (C=O) groups excluding carboxylic acids is 4. The molecule has 1 aromatic rings. The lowest BCUT2D eigenvalue weighted by molar-refractivity contribution is -0.184. The van der Waals surface area contributed by atoms with Crippen molar-refractivity contribution in [2.45, 2.75) is 52.8 Å². The normalized spacial score (nSPS) is 17.7. The molecule has 0 bridgehead atoms. The Morgan fingerprint density at radius 1 is 1.19 bits per heavy atom. The number of amides is 1. The summed E-state index contributed by atoms with van der Waals surface area (Å²) in [5.74, 6) is -1.97. The molecule has 1 aromatic carbocycles. The summed E-state index contributed by atoms with van der Waals surface area (Å²) in [7, 11) is 0. The molecular formula is C20H25NO6. The number of hydrogen-bond acceptors (Lipinski definition) is 6. The molecule has 1 heterocycles. The number of ether oxygens (including phenoxy) is 2. The van der Waals surface area contributed by atoms with E-state index < -0.39 is 29.6 Å². The average molecular weight is 375 g/mol. The van der Waals surface area contributed by atoms with Crippen molar-refractivity contribution < 1.29 is 28.7 Å². The first-order valence-electron chi connectivity index (χ1n) is 8.92. The fourth-order valence-electron chi connectivity index (χ4n) is 2.69. The van der Waals surface area contributed by atoms with E-state index in [1.807, 2.05) is 0 Å². The van der Waals surface area contributed by atoms with Gasteiger partial charge in [-0.15, -0.1) is 0 Å². The third-order valence-electron chi connectivity index (χ3n) is 4.32. The van der Waals surface area contributed by atoms with Crippen LogP contribution < -0.4 is 0 Å². The molecule has 7 nitrogen and oxygen atoms in total. The van der Waals surface area contributed by atoms with Gasteiger partial charge in [0.1, 0.15) is 5.78 Å². The number of ketones is 1. The molecule has 0 aromatic heterocycles. The molecule has 0 radical (unpaired) electrons. The lowest BCUT2D eigenvalue weighted by atomic mass is 9.84. The van der Waals surface area contributed by atoms with Crippen LogP contribution in [-0.4, -0.2) is 47.4 Å². The van der Waals surface area contributed by atoms with Crippen molar-refractivity contribution in [1.82, 2.24) is 4.90 Å². The van der Waals surface area contributed by atoms with Gasteiger partial charge >= 0.3 is 11.9 Å². The molecule has 1 aliphatic heterocycles. The minimum absolute atomic E-state index is 0.0398. The fraction of sp³-hybridized carbons (Fsp3) is 0.500. The summed E-state index contributed by atoms with van der Waals surface area (Å²) < 4.78 is 10.3. The minimum atomic E-state index is -1.50. The number of esters is 2. The Balaban J connectivity index is 2.19. The van der Waals surface area contributed by atoms with Crippen LogP contribution >= 0.6 is 0 Å². The zero-order valence-corrected chi connectivity index (χ0v) is 16.1. The lowest BCUT2D eigenvalue weighted by Gasteiger charge is -2.43. The molecule has 0 N–H and O–H groups in total. The maximum absolute atomic E-state index is 12.4. The molecule has 1 fully saturated rings. The van der Waals surface area contributed by atoms with E-state index >= 15 is 0 Å². The zero-order valence-electron chi connectivity index (χ0n) is 16.1. The second kappa shape index (κ2) is 8.33. The quantitative estimate of drug-likeness (QED) is 0.537. The lowest BCUT2D eigenvalue weighted by Crippen LogP contribution is -2.62. The van der Waals surface area contributed by atoms with Crippen molar-refractivity contribution in [3.8, 4) is 0 Å². The number of rotatable bonds is 7. The number of Topliss-reactive ketones (excluding diaryl/α,β-unsaturated/α-hetero) is 1. The highest BCUT2D eigenvalue weighted by Gasteiger charge is 2.48. The van der Waals surface area contributed by atoms with Crippen LogP contribution in [0.15, 0.2) is 30.3 Å². The Hall–Kier alpha value is -2.70. The maximum atomic E-state index is 12.4. The van der Waals surface area contributed by atoms with Crippen LogP contribution in [0.2, 0.25) is 0 Å². The molecule has 1 unspecified atom stereocenters. The first-order valence-corrected chi connectivity index (χ1v) is 8.92. The van der Waals surface area contributed by atoms with E-state index in [-0.39, 0.29) is 36.7 Å². The van der Waals surface area contributed by atoms with Crippen molar-refractivity contribution in [2.75, 3.05) is 6.61 Å². The third kappa shape index (κ3) is 4.93. The van der Waals surface area contributed by atoms with E-state index in [9.17, 15) is 19.2 Å². The van der Waals surface area contributed by atoms with Crippen LogP contribution in [0.25, 0.3) is 0 Å². The number of β-lactam (4-membered cyclic amide) rings is 1. The van der Waals surface area contributed by atoms with Crippen molar-refractivity contribution in [2.24, 2.45) is 5.41 Å². The molecule has 2 atom stereocenters. The van der Waals surface area contributed by atoms with Gasteiger partial charge in [-0.2, -0.15) is 0 Å². The Morgan fingerprint density at radius 2 is 1.81 bits per heavy atom. The van der Waals surface area contributed by atoms with Crippen molar-refractivity contribution in [1.29, 1.82) is 0 Å². The number of hydrogen-bond donors (Lipinski definition) is 0. The van der Waals surface area contributed by atoms with Gasteiger partial charge in [0, 0.05) is 18.3 Å². The van der Waals surface area contributed by atoms with Gasteiger partial charge in [-0.3, -0.25) is 14.5 Å². The van der Waals surface area contributed by atoms with Crippen LogP contribution in [0.4, 0.5) is 0 Å². The first-order chi connectivity index (χ1) is 12.6. The summed E-state index contributed by atoms with van der Waals surface area (Å²) in [6, 6.07) is 7.66. The molecule has 1 amide bonds. The van der Waals surface area contributed by atoms with Gasteiger partial charge < -0.3 is 9.47 Å². The Bertz CT molecular complexity index is 722. The smallest absolute Gasteiger partial charge is 0.369 e. The Kier molecular flexibility index (Phi) is 6.36. The maximum Gasteiger partial charge on any atom is 0.369 e. The summed E-state index contributed by atoms with van der Waals surface area (Å²) in [4.78, 5) is 50.3. The monoisotopic (exact) mass is 375 g/mol. The molecule has 1 saturated heterocycles. The SMILES string of the molecule is CCOC(=O)C(OC(=O)c1ccccc1)N1C(=O)C[C@H]1CC(=O)C(C)(C)C. The highest BCUT2D eigenvalue weighted by molar-refractivity contribution is 5.95. The second-order valence-corrected chi connectivity index (χ2v) is 7.41. The summed E-state index contributed by atoms with van der Waals surface area (Å²) in [6.45, 7) is 7.06. The predicted molar refractivity (Wildman–Crippen MR) is 96.6 cm³/mol. The highest BCUT2D eigenvalue weighted by Crippen LogP contribution is 2.30. The van der Waals surface area contributed by atoms with E-state index in [1.165, 1.54) is 0 Å². The van der Waals surface area contributed by atoms with E-state index in [4.69, 9.17) is 9.47 Å². The molecule has 2 rings (SSSR count). The fourth-order valence-corrected chi connectivity index (χ4v) is 2.69. The van der Waals surface area contributed by atoms with E-state index in [0.29, 0.717) is 0 Å². The van der Waals surface area contributed by atoms with Gasteiger partial charge in [-0.1, -0.05) is 39.0 Å². The number of likely N-dealkylation sites (tertiary alicyclic amines) is 1. The molecule has 7 heteroatoms. The largest absolute Gasteiger partial charge is 0.462 e. The molecular weight excluding hydrogens is 350 g/mol. The van der Waals surface area contributed by atoms with Gasteiger partial charge in [0.2, 0.25) is 5.91 Å². The van der Waals surface area contributed by atoms with Crippen LogP contribution in [-0.2, 0) is 23.9 Å². The number of nitrogens with zero attached hydrogens (tertiary/aromatic N) is 1. The minimum Gasteiger partial charge on any atom is -0.462 e. The van der Waals surface area contributed by atoms with E-state index in [0.717, 1.165) is 4.90 Å². The topological polar surface area (TPSA) is 90.0 Å². The number of benzene rings is 1. The molecule has 0 aliphatic carbocycles. The Labute approximate surface area is 158 Å². The summed E-state index contributed by atoms with van der Waals surface area (Å²) in [5, 5.41) is 0. The third-order valence-corrected chi connectivity index (χ3v) is 4.32. The van der Waals surface area contributed by atoms with E-state index in [1.54, 1.807) is 58.0 Å². The molecule has 27 heavy (non-hydrogen) atoms. The van der Waals surface area contributed by atoms with Gasteiger partial charge in [-0.25, -0.2) is 9.59 Å². The van der Waals surface area contributed by atoms with Gasteiger partial charge in [-0.05, 0) is 19.1 Å². The van der Waals surface area contributed by atoms with Crippen molar-refractivity contribution in [3.05, 3.63) is 35.9 Å². The molecule has 1 aliphatic rings. The molecule has 0 saturated carbocycles.